The molecule has 21 heavy (non-hydrogen) atoms. The van der Waals surface area contributed by atoms with Crippen LogP contribution in [0, 0.1) is 13.8 Å². The molecule has 0 amide bonds. The topological polar surface area (TPSA) is 46.5 Å². The Morgan fingerprint density at radius 3 is 2.57 bits per heavy atom. The van der Waals surface area contributed by atoms with Crippen LogP contribution >= 0.6 is 0 Å². The molecule has 0 aliphatic heterocycles. The molecule has 0 heterocycles. The lowest BCUT2D eigenvalue weighted by molar-refractivity contribution is -0.136. The Morgan fingerprint density at radius 2 is 1.90 bits per heavy atom. The molecule has 0 unspecified atom stereocenters. The zero-order chi connectivity index (χ0) is 15.2. The summed E-state index contributed by atoms with van der Waals surface area (Å²) >= 11 is 0. The SMILES string of the molecule is Cc1cccc(COc2ccc(CCC(=O)O)cc2C)c1. The number of aliphatic carboxylic acids is 1. The number of carboxylic acid groups (broad SMARTS) is 1. The third-order valence-electron chi connectivity index (χ3n) is 3.34. The number of carboxylic acids is 1. The zero-order valence-electron chi connectivity index (χ0n) is 12.4. The van der Waals surface area contributed by atoms with Crippen molar-refractivity contribution < 1.29 is 14.6 Å². The van der Waals surface area contributed by atoms with Gasteiger partial charge in [-0.25, -0.2) is 0 Å². The molecule has 0 aliphatic carbocycles. The Hall–Kier alpha value is -2.29. The number of rotatable bonds is 6. The van der Waals surface area contributed by atoms with Crippen molar-refractivity contribution in [1.29, 1.82) is 0 Å². The summed E-state index contributed by atoms with van der Waals surface area (Å²) in [6.45, 7) is 4.58. The van der Waals surface area contributed by atoms with Crippen LogP contribution in [0.2, 0.25) is 0 Å². The number of hydrogen-bond donors (Lipinski definition) is 1. The smallest absolute Gasteiger partial charge is 0.303 e. The van der Waals surface area contributed by atoms with Gasteiger partial charge < -0.3 is 9.84 Å². The summed E-state index contributed by atoms with van der Waals surface area (Å²) in [6, 6.07) is 14.1. The Morgan fingerprint density at radius 1 is 1.10 bits per heavy atom. The number of aryl methyl sites for hydroxylation is 3. The highest BCUT2D eigenvalue weighted by Gasteiger charge is 2.04. The first-order valence-corrected chi connectivity index (χ1v) is 7.04. The lowest BCUT2D eigenvalue weighted by Gasteiger charge is -2.11. The molecule has 0 saturated heterocycles. The molecular formula is C18H20O3. The zero-order valence-corrected chi connectivity index (χ0v) is 12.4. The highest BCUT2D eigenvalue weighted by Crippen LogP contribution is 2.21. The fraction of sp³-hybridized carbons (Fsp3) is 0.278. The van der Waals surface area contributed by atoms with Crippen LogP contribution < -0.4 is 4.74 Å². The van der Waals surface area contributed by atoms with E-state index in [4.69, 9.17) is 9.84 Å². The molecule has 3 nitrogen and oxygen atoms in total. The fourth-order valence-corrected chi connectivity index (χ4v) is 2.24. The molecule has 0 aromatic heterocycles. The predicted octanol–water partition coefficient (Wildman–Crippen LogP) is 3.90. The summed E-state index contributed by atoms with van der Waals surface area (Å²) in [4.78, 5) is 10.6. The molecular weight excluding hydrogens is 264 g/mol. The number of carbonyl (C=O) groups is 1. The van der Waals surface area contributed by atoms with Crippen molar-refractivity contribution in [3.05, 3.63) is 64.7 Å². The molecule has 2 aromatic rings. The minimum atomic E-state index is -0.771. The second kappa shape index (κ2) is 6.93. The minimum absolute atomic E-state index is 0.156. The number of ether oxygens (including phenoxy) is 1. The van der Waals surface area contributed by atoms with E-state index in [9.17, 15) is 4.79 Å². The predicted molar refractivity (Wildman–Crippen MR) is 82.6 cm³/mol. The van der Waals surface area contributed by atoms with Gasteiger partial charge in [0.1, 0.15) is 12.4 Å². The van der Waals surface area contributed by atoms with Crippen molar-refractivity contribution in [1.82, 2.24) is 0 Å². The maximum absolute atomic E-state index is 10.6. The lowest BCUT2D eigenvalue weighted by atomic mass is 10.1. The van der Waals surface area contributed by atoms with Gasteiger partial charge in [0, 0.05) is 6.42 Å². The molecule has 0 fully saturated rings. The lowest BCUT2D eigenvalue weighted by Crippen LogP contribution is -2.00. The Kier molecular flexibility index (Phi) is 4.99. The van der Waals surface area contributed by atoms with Crippen LogP contribution in [0.15, 0.2) is 42.5 Å². The molecule has 0 spiro atoms. The van der Waals surface area contributed by atoms with Gasteiger partial charge in [0.05, 0.1) is 0 Å². The first-order chi connectivity index (χ1) is 10.0. The molecule has 0 radical (unpaired) electrons. The Balaban J connectivity index is 1.99. The molecule has 1 N–H and O–H groups in total. The third-order valence-corrected chi connectivity index (χ3v) is 3.34. The largest absolute Gasteiger partial charge is 0.489 e. The van der Waals surface area contributed by atoms with Crippen molar-refractivity contribution in [3.63, 3.8) is 0 Å². The molecule has 0 bridgehead atoms. The van der Waals surface area contributed by atoms with Gasteiger partial charge in [-0.3, -0.25) is 4.79 Å². The van der Waals surface area contributed by atoms with E-state index in [0.717, 1.165) is 22.4 Å². The van der Waals surface area contributed by atoms with Gasteiger partial charge in [-0.15, -0.1) is 0 Å². The van der Waals surface area contributed by atoms with Gasteiger partial charge in [-0.05, 0) is 43.0 Å². The molecule has 0 atom stereocenters. The van der Waals surface area contributed by atoms with Crippen LogP contribution in [-0.4, -0.2) is 11.1 Å². The van der Waals surface area contributed by atoms with Crippen molar-refractivity contribution in [2.45, 2.75) is 33.3 Å². The molecule has 110 valence electrons. The molecule has 3 heteroatoms. The van der Waals surface area contributed by atoms with Crippen LogP contribution in [0.25, 0.3) is 0 Å². The van der Waals surface area contributed by atoms with E-state index >= 15 is 0 Å². The van der Waals surface area contributed by atoms with Gasteiger partial charge in [-0.1, -0.05) is 42.0 Å². The van der Waals surface area contributed by atoms with Gasteiger partial charge in [0.25, 0.3) is 0 Å². The van der Waals surface area contributed by atoms with Crippen molar-refractivity contribution in [2.24, 2.45) is 0 Å². The van der Waals surface area contributed by atoms with E-state index in [-0.39, 0.29) is 6.42 Å². The van der Waals surface area contributed by atoms with Gasteiger partial charge in [0.2, 0.25) is 0 Å². The molecule has 2 aromatic carbocycles. The van der Waals surface area contributed by atoms with E-state index in [1.54, 1.807) is 0 Å². The molecule has 2 rings (SSSR count). The summed E-state index contributed by atoms with van der Waals surface area (Å²) in [7, 11) is 0. The highest BCUT2D eigenvalue weighted by atomic mass is 16.5. The number of hydrogen-bond acceptors (Lipinski definition) is 2. The van der Waals surface area contributed by atoms with Crippen molar-refractivity contribution >= 4 is 5.97 Å². The third kappa shape index (κ3) is 4.63. The average molecular weight is 284 g/mol. The van der Waals surface area contributed by atoms with Gasteiger partial charge in [-0.2, -0.15) is 0 Å². The monoisotopic (exact) mass is 284 g/mol. The van der Waals surface area contributed by atoms with Gasteiger partial charge in [0.15, 0.2) is 0 Å². The first kappa shape index (κ1) is 15.1. The van der Waals surface area contributed by atoms with Gasteiger partial charge >= 0.3 is 5.97 Å². The maximum atomic E-state index is 10.6. The summed E-state index contributed by atoms with van der Waals surface area (Å²) in [6.07, 6.45) is 0.706. The summed E-state index contributed by atoms with van der Waals surface area (Å²) < 4.78 is 5.84. The normalized spacial score (nSPS) is 10.4. The minimum Gasteiger partial charge on any atom is -0.489 e. The summed E-state index contributed by atoms with van der Waals surface area (Å²) in [5, 5.41) is 8.71. The quantitative estimate of drug-likeness (QED) is 0.875. The first-order valence-electron chi connectivity index (χ1n) is 7.04. The summed E-state index contributed by atoms with van der Waals surface area (Å²) in [5.74, 6) is 0.0722. The van der Waals surface area contributed by atoms with Crippen molar-refractivity contribution in [2.75, 3.05) is 0 Å². The molecule has 0 saturated carbocycles. The average Bonchev–Trinajstić information content (AvgIpc) is 2.44. The van der Waals surface area contributed by atoms with Crippen molar-refractivity contribution in [3.8, 4) is 5.75 Å². The maximum Gasteiger partial charge on any atom is 0.303 e. The second-order valence-electron chi connectivity index (χ2n) is 5.27. The van der Waals surface area contributed by atoms with Crippen LogP contribution in [0.4, 0.5) is 0 Å². The second-order valence-corrected chi connectivity index (χ2v) is 5.27. The van der Waals surface area contributed by atoms with Crippen LogP contribution in [0.3, 0.4) is 0 Å². The van der Waals surface area contributed by atoms with E-state index < -0.39 is 5.97 Å². The van der Waals surface area contributed by atoms with Crippen LogP contribution in [0.5, 0.6) is 5.75 Å². The van der Waals surface area contributed by atoms with E-state index in [1.165, 1.54) is 5.56 Å². The number of benzene rings is 2. The molecule has 0 aliphatic rings. The summed E-state index contributed by atoms with van der Waals surface area (Å²) in [5.41, 5.74) is 4.42. The highest BCUT2D eigenvalue weighted by molar-refractivity contribution is 5.67. The van der Waals surface area contributed by atoms with E-state index in [1.807, 2.05) is 37.3 Å². The van der Waals surface area contributed by atoms with E-state index in [0.29, 0.717) is 13.0 Å². The fourth-order valence-electron chi connectivity index (χ4n) is 2.24. The van der Waals surface area contributed by atoms with Crippen LogP contribution in [0.1, 0.15) is 28.7 Å². The van der Waals surface area contributed by atoms with Crippen LogP contribution in [-0.2, 0) is 17.8 Å². The Labute approximate surface area is 125 Å². The Bertz CT molecular complexity index is 632. The standard InChI is InChI=1S/C18H20O3/c1-13-4-3-5-16(10-13)12-21-17-8-6-15(11-14(17)2)7-9-18(19)20/h3-6,8,10-11H,7,9,12H2,1-2H3,(H,19,20). The van der Waals surface area contributed by atoms with E-state index in [2.05, 4.69) is 19.1 Å².